The maximum atomic E-state index is 5.97. The number of nitrogens with one attached hydrogen (secondary N) is 1. The predicted molar refractivity (Wildman–Crippen MR) is 79.9 cm³/mol. The van der Waals surface area contributed by atoms with Crippen LogP contribution in [0.5, 0.6) is 0 Å². The van der Waals surface area contributed by atoms with Crippen molar-refractivity contribution in [1.29, 1.82) is 0 Å². The number of hydrogen-bond acceptors (Lipinski definition) is 3. The molecule has 1 aromatic carbocycles. The summed E-state index contributed by atoms with van der Waals surface area (Å²) in [5.74, 6) is 0. The maximum Gasteiger partial charge on any atom is 0.0951 e. The highest BCUT2D eigenvalue weighted by molar-refractivity contribution is 5.14. The van der Waals surface area contributed by atoms with Gasteiger partial charge in [-0.1, -0.05) is 30.3 Å². The average molecular weight is 275 g/mol. The molecule has 1 aromatic rings. The first kappa shape index (κ1) is 14.1. The van der Waals surface area contributed by atoms with Crippen molar-refractivity contribution in [3.8, 4) is 0 Å². The Morgan fingerprint density at radius 2 is 2.10 bits per heavy atom. The zero-order chi connectivity index (χ0) is 13.7. The number of ether oxygens (including phenoxy) is 2. The highest BCUT2D eigenvalue weighted by Gasteiger charge is 2.40. The SMILES string of the molecule is c1ccc(CCCNC2CCOC3(CCOC3)C2)cc1. The highest BCUT2D eigenvalue weighted by Crippen LogP contribution is 2.32. The molecular weight excluding hydrogens is 250 g/mol. The summed E-state index contributed by atoms with van der Waals surface area (Å²) in [6.45, 7) is 3.62. The lowest BCUT2D eigenvalue weighted by Crippen LogP contribution is -2.47. The summed E-state index contributed by atoms with van der Waals surface area (Å²) in [5.41, 5.74) is 1.46. The topological polar surface area (TPSA) is 30.5 Å². The normalized spacial score (nSPS) is 29.9. The van der Waals surface area contributed by atoms with E-state index in [1.54, 1.807) is 0 Å². The first-order valence-electron chi connectivity index (χ1n) is 7.85. The van der Waals surface area contributed by atoms with Gasteiger partial charge in [-0.2, -0.15) is 0 Å². The first-order chi connectivity index (χ1) is 9.86. The summed E-state index contributed by atoms with van der Waals surface area (Å²) in [6.07, 6.45) is 5.66. The lowest BCUT2D eigenvalue weighted by molar-refractivity contribution is -0.0892. The molecule has 3 nitrogen and oxygen atoms in total. The van der Waals surface area contributed by atoms with Crippen LogP contribution < -0.4 is 5.32 Å². The van der Waals surface area contributed by atoms with E-state index in [1.807, 2.05) is 0 Å². The Kier molecular flexibility index (Phi) is 4.71. The molecule has 2 aliphatic heterocycles. The molecule has 3 rings (SSSR count). The summed E-state index contributed by atoms with van der Waals surface area (Å²) in [6, 6.07) is 11.3. The van der Waals surface area contributed by atoms with Gasteiger partial charge in [0.2, 0.25) is 0 Å². The summed E-state index contributed by atoms with van der Waals surface area (Å²) in [4.78, 5) is 0. The highest BCUT2D eigenvalue weighted by atomic mass is 16.6. The number of aryl methyl sites for hydroxylation is 1. The predicted octanol–water partition coefficient (Wildman–Crippen LogP) is 2.55. The average Bonchev–Trinajstić information content (AvgIpc) is 2.93. The van der Waals surface area contributed by atoms with E-state index < -0.39 is 0 Å². The van der Waals surface area contributed by atoms with Crippen molar-refractivity contribution in [2.24, 2.45) is 0 Å². The third-order valence-electron chi connectivity index (χ3n) is 4.48. The van der Waals surface area contributed by atoms with Crippen molar-refractivity contribution in [3.63, 3.8) is 0 Å². The van der Waals surface area contributed by atoms with E-state index in [-0.39, 0.29) is 5.60 Å². The molecule has 0 saturated carbocycles. The number of hydrogen-bond donors (Lipinski definition) is 1. The molecule has 1 spiro atoms. The van der Waals surface area contributed by atoms with Gasteiger partial charge in [0.15, 0.2) is 0 Å². The third-order valence-corrected chi connectivity index (χ3v) is 4.48. The monoisotopic (exact) mass is 275 g/mol. The first-order valence-corrected chi connectivity index (χ1v) is 7.85. The van der Waals surface area contributed by atoms with Crippen LogP contribution in [0.3, 0.4) is 0 Å². The molecule has 110 valence electrons. The molecule has 0 aliphatic carbocycles. The van der Waals surface area contributed by atoms with Gasteiger partial charge in [0, 0.05) is 25.7 Å². The van der Waals surface area contributed by atoms with Gasteiger partial charge in [-0.05, 0) is 37.8 Å². The largest absolute Gasteiger partial charge is 0.378 e. The molecular formula is C17H25NO2. The van der Waals surface area contributed by atoms with Crippen LogP contribution in [0, 0.1) is 0 Å². The standard InChI is InChI=1S/C17H25NO2/c1-2-5-15(6-3-1)7-4-10-18-16-8-11-20-17(13-16)9-12-19-14-17/h1-3,5-6,16,18H,4,7-14H2. The van der Waals surface area contributed by atoms with E-state index in [0.29, 0.717) is 6.04 Å². The molecule has 2 saturated heterocycles. The van der Waals surface area contributed by atoms with Crippen LogP contribution in [0.1, 0.15) is 31.2 Å². The zero-order valence-electron chi connectivity index (χ0n) is 12.1. The van der Waals surface area contributed by atoms with Crippen LogP contribution in [0.15, 0.2) is 30.3 Å². The van der Waals surface area contributed by atoms with Crippen molar-refractivity contribution in [2.75, 3.05) is 26.4 Å². The molecule has 1 N–H and O–H groups in total. The summed E-state index contributed by atoms with van der Waals surface area (Å²) >= 11 is 0. The fourth-order valence-corrected chi connectivity index (χ4v) is 3.31. The minimum Gasteiger partial charge on any atom is -0.378 e. The molecule has 3 heteroatoms. The van der Waals surface area contributed by atoms with E-state index >= 15 is 0 Å². The van der Waals surface area contributed by atoms with Gasteiger partial charge < -0.3 is 14.8 Å². The number of rotatable bonds is 5. The lowest BCUT2D eigenvalue weighted by Gasteiger charge is -2.37. The van der Waals surface area contributed by atoms with Gasteiger partial charge in [0.25, 0.3) is 0 Å². The van der Waals surface area contributed by atoms with E-state index in [1.165, 1.54) is 12.0 Å². The van der Waals surface area contributed by atoms with Gasteiger partial charge in [-0.3, -0.25) is 0 Å². The van der Waals surface area contributed by atoms with Gasteiger partial charge in [0.1, 0.15) is 0 Å². The Bertz CT molecular complexity index is 401. The smallest absolute Gasteiger partial charge is 0.0951 e. The molecule has 0 amide bonds. The zero-order valence-corrected chi connectivity index (χ0v) is 12.1. The second-order valence-corrected chi connectivity index (χ2v) is 6.07. The van der Waals surface area contributed by atoms with E-state index in [9.17, 15) is 0 Å². The lowest BCUT2D eigenvalue weighted by atomic mass is 9.89. The van der Waals surface area contributed by atoms with Crippen molar-refractivity contribution < 1.29 is 9.47 Å². The van der Waals surface area contributed by atoms with Crippen LogP contribution in [0.25, 0.3) is 0 Å². The maximum absolute atomic E-state index is 5.97. The minimum atomic E-state index is 0.0232. The summed E-state index contributed by atoms with van der Waals surface area (Å²) < 4.78 is 11.5. The minimum absolute atomic E-state index is 0.0232. The van der Waals surface area contributed by atoms with Crippen molar-refractivity contribution in [1.82, 2.24) is 5.32 Å². The molecule has 2 fully saturated rings. The fraction of sp³-hybridized carbons (Fsp3) is 0.647. The molecule has 0 radical (unpaired) electrons. The Hall–Kier alpha value is -0.900. The summed E-state index contributed by atoms with van der Waals surface area (Å²) in [5, 5.41) is 3.71. The van der Waals surface area contributed by atoms with Gasteiger partial charge in [-0.15, -0.1) is 0 Å². The van der Waals surface area contributed by atoms with Crippen LogP contribution in [0.4, 0.5) is 0 Å². The van der Waals surface area contributed by atoms with E-state index in [0.717, 1.165) is 52.0 Å². The Morgan fingerprint density at radius 1 is 1.20 bits per heavy atom. The summed E-state index contributed by atoms with van der Waals surface area (Å²) in [7, 11) is 0. The second-order valence-electron chi connectivity index (χ2n) is 6.07. The van der Waals surface area contributed by atoms with Gasteiger partial charge in [-0.25, -0.2) is 0 Å². The van der Waals surface area contributed by atoms with E-state index in [4.69, 9.17) is 9.47 Å². The number of benzene rings is 1. The molecule has 0 aromatic heterocycles. The van der Waals surface area contributed by atoms with Crippen LogP contribution in [0.2, 0.25) is 0 Å². The quantitative estimate of drug-likeness (QED) is 0.838. The van der Waals surface area contributed by atoms with Gasteiger partial charge in [0.05, 0.1) is 12.2 Å². The molecule has 2 unspecified atom stereocenters. The van der Waals surface area contributed by atoms with Crippen LogP contribution >= 0.6 is 0 Å². The molecule has 0 bridgehead atoms. The molecule has 2 aliphatic rings. The Labute approximate surface area is 121 Å². The van der Waals surface area contributed by atoms with Crippen molar-refractivity contribution in [2.45, 2.75) is 43.7 Å². The van der Waals surface area contributed by atoms with Crippen LogP contribution in [-0.2, 0) is 15.9 Å². The van der Waals surface area contributed by atoms with Gasteiger partial charge >= 0.3 is 0 Å². The van der Waals surface area contributed by atoms with E-state index in [2.05, 4.69) is 35.6 Å². The Balaban J connectivity index is 1.38. The molecule has 2 atom stereocenters. The van der Waals surface area contributed by atoms with Crippen LogP contribution in [-0.4, -0.2) is 38.0 Å². The third kappa shape index (κ3) is 3.60. The van der Waals surface area contributed by atoms with Crippen molar-refractivity contribution >= 4 is 0 Å². The molecule has 2 heterocycles. The Morgan fingerprint density at radius 3 is 2.90 bits per heavy atom. The fourth-order valence-electron chi connectivity index (χ4n) is 3.31. The second kappa shape index (κ2) is 6.70. The molecule has 20 heavy (non-hydrogen) atoms. The van der Waals surface area contributed by atoms with Crippen molar-refractivity contribution in [3.05, 3.63) is 35.9 Å².